The summed E-state index contributed by atoms with van der Waals surface area (Å²) in [5.41, 5.74) is 4.57. The largest absolute Gasteiger partial charge is 0.478 e. The van der Waals surface area contributed by atoms with E-state index >= 15 is 0 Å². The van der Waals surface area contributed by atoms with Gasteiger partial charge < -0.3 is 25.0 Å². The summed E-state index contributed by atoms with van der Waals surface area (Å²) < 4.78 is 2.20. The lowest BCUT2D eigenvalue weighted by Gasteiger charge is -2.24. The molecule has 30 heavy (non-hydrogen) atoms. The van der Waals surface area contributed by atoms with Crippen molar-refractivity contribution in [2.75, 3.05) is 13.7 Å². The molecule has 0 spiro atoms. The third kappa shape index (κ3) is 4.37. The predicted octanol–water partition coefficient (Wildman–Crippen LogP) is 2.36. The van der Waals surface area contributed by atoms with Gasteiger partial charge >= 0.3 is 11.9 Å². The standard InChI is InChI=1S/C18H21N3O.C4H4O4/c1-20-11-19-10-13(20)9-12-7-8-16-17(18(12)22)14-5-3-4-6-15(14)21(16)2;5-3(6)1-2-4(7)8/h3-6,10,12,19H,7-9,11H2,1-2H3;1-2H,(H,5,6)(H,7,8)/b;2-1-. The molecule has 2 aliphatic rings. The molecule has 2 heterocycles. The number of rotatable bonds is 4. The number of fused-ring (bicyclic) bond motifs is 3. The second-order valence-corrected chi connectivity index (χ2v) is 7.41. The molecule has 1 aliphatic heterocycles. The Balaban J connectivity index is 0.000000275. The maximum Gasteiger partial charge on any atom is 0.328 e. The molecule has 8 nitrogen and oxygen atoms in total. The first-order valence-corrected chi connectivity index (χ1v) is 9.67. The summed E-state index contributed by atoms with van der Waals surface area (Å²) in [5, 5.41) is 20.0. The molecule has 4 rings (SSSR count). The molecule has 1 atom stereocenters. The topological polar surface area (TPSA) is 112 Å². The van der Waals surface area contributed by atoms with Gasteiger partial charge in [-0.2, -0.15) is 0 Å². The normalized spacial score (nSPS) is 17.9. The number of carbonyl (C=O) groups excluding carboxylic acids is 1. The summed E-state index contributed by atoms with van der Waals surface area (Å²) in [6.45, 7) is 0.843. The average molecular weight is 411 g/mol. The number of carbonyl (C=O) groups is 3. The maximum absolute atomic E-state index is 13.1. The number of Topliss-reactive ketones (excluding diaryl/α,β-unsaturated/α-hetero) is 1. The molecule has 0 saturated heterocycles. The number of aromatic nitrogens is 1. The Kier molecular flexibility index (Phi) is 6.25. The minimum Gasteiger partial charge on any atom is -0.478 e. The summed E-state index contributed by atoms with van der Waals surface area (Å²) in [7, 11) is 4.15. The van der Waals surface area contributed by atoms with E-state index in [2.05, 4.69) is 41.0 Å². The Morgan fingerprint density at radius 3 is 2.43 bits per heavy atom. The number of aliphatic carboxylic acids is 2. The Bertz CT molecular complexity index is 1030. The number of ketones is 1. The van der Waals surface area contributed by atoms with Crippen LogP contribution in [0, 0.1) is 5.92 Å². The molecular formula is C22H25N3O5. The molecule has 3 N–H and O–H groups in total. The van der Waals surface area contributed by atoms with Gasteiger partial charge in [-0.1, -0.05) is 18.2 Å². The van der Waals surface area contributed by atoms with Gasteiger partial charge in [0.2, 0.25) is 0 Å². The van der Waals surface area contributed by atoms with Crippen LogP contribution in [0.25, 0.3) is 10.9 Å². The lowest BCUT2D eigenvalue weighted by atomic mass is 9.82. The quantitative estimate of drug-likeness (QED) is 0.662. The number of benzene rings is 1. The number of allylic oxidation sites excluding steroid dienone is 1. The van der Waals surface area contributed by atoms with Crippen molar-refractivity contribution in [2.45, 2.75) is 19.3 Å². The second kappa shape index (κ2) is 8.86. The van der Waals surface area contributed by atoms with Gasteiger partial charge in [-0.15, -0.1) is 0 Å². The molecule has 0 amide bonds. The Labute approximate surface area is 174 Å². The van der Waals surface area contributed by atoms with Crippen molar-refractivity contribution in [3.63, 3.8) is 0 Å². The van der Waals surface area contributed by atoms with E-state index in [4.69, 9.17) is 10.2 Å². The van der Waals surface area contributed by atoms with E-state index in [1.54, 1.807) is 0 Å². The predicted molar refractivity (Wildman–Crippen MR) is 112 cm³/mol. The minimum absolute atomic E-state index is 0.104. The summed E-state index contributed by atoms with van der Waals surface area (Å²) in [4.78, 5) is 34.4. The molecule has 2 aromatic rings. The first-order chi connectivity index (χ1) is 14.3. The van der Waals surface area contributed by atoms with Crippen molar-refractivity contribution >= 4 is 28.6 Å². The molecule has 1 aromatic heterocycles. The fourth-order valence-corrected chi connectivity index (χ4v) is 3.98. The summed E-state index contributed by atoms with van der Waals surface area (Å²) in [6, 6.07) is 8.25. The van der Waals surface area contributed by atoms with Crippen LogP contribution < -0.4 is 5.32 Å². The molecule has 1 aromatic carbocycles. The van der Waals surface area contributed by atoms with Gasteiger partial charge in [0.15, 0.2) is 5.78 Å². The van der Waals surface area contributed by atoms with Gasteiger partial charge in [-0.05, 0) is 25.3 Å². The molecule has 0 radical (unpaired) electrons. The lowest BCUT2D eigenvalue weighted by Crippen LogP contribution is -2.26. The number of carboxylic acids is 2. The van der Waals surface area contributed by atoms with Gasteiger partial charge in [0.1, 0.15) is 0 Å². The number of nitrogens with zero attached hydrogens (tertiary/aromatic N) is 2. The zero-order valence-electron chi connectivity index (χ0n) is 17.0. The highest BCUT2D eigenvalue weighted by molar-refractivity contribution is 6.11. The SMILES string of the molecule is CN1CNC=C1CC1CCc2c(c3ccccc3n2C)C1=O.O=C(O)/C=C\C(=O)O. The van der Waals surface area contributed by atoms with Gasteiger partial charge in [0, 0.05) is 66.2 Å². The number of nitrogens with one attached hydrogen (secondary N) is 1. The van der Waals surface area contributed by atoms with E-state index in [1.165, 1.54) is 16.9 Å². The van der Waals surface area contributed by atoms with Crippen LogP contribution in [0.3, 0.4) is 0 Å². The van der Waals surface area contributed by atoms with Crippen LogP contribution in [0.15, 0.2) is 48.3 Å². The van der Waals surface area contributed by atoms with Gasteiger partial charge in [-0.3, -0.25) is 4.79 Å². The molecule has 158 valence electrons. The highest BCUT2D eigenvalue weighted by Gasteiger charge is 2.33. The first kappa shape index (κ1) is 21.2. The monoisotopic (exact) mass is 411 g/mol. The third-order valence-corrected chi connectivity index (χ3v) is 5.49. The van der Waals surface area contributed by atoms with Crippen LogP contribution >= 0.6 is 0 Å². The fraction of sp³-hybridized carbons (Fsp3) is 0.318. The van der Waals surface area contributed by atoms with Crippen molar-refractivity contribution in [3.05, 3.63) is 59.6 Å². The molecule has 0 saturated carbocycles. The van der Waals surface area contributed by atoms with E-state index in [0.717, 1.165) is 36.9 Å². The highest BCUT2D eigenvalue weighted by Crippen LogP contribution is 2.36. The fourth-order valence-electron chi connectivity index (χ4n) is 3.98. The maximum atomic E-state index is 13.1. The van der Waals surface area contributed by atoms with E-state index < -0.39 is 11.9 Å². The van der Waals surface area contributed by atoms with E-state index in [0.29, 0.717) is 17.9 Å². The van der Waals surface area contributed by atoms with Gasteiger partial charge in [0.25, 0.3) is 0 Å². The first-order valence-electron chi connectivity index (χ1n) is 9.67. The number of para-hydroxylation sites is 1. The van der Waals surface area contributed by atoms with E-state index in [-0.39, 0.29) is 5.92 Å². The number of aryl methyl sites for hydroxylation is 1. The highest BCUT2D eigenvalue weighted by atomic mass is 16.4. The molecule has 1 aliphatic carbocycles. The molecular weight excluding hydrogens is 386 g/mol. The molecule has 0 fully saturated rings. The molecule has 8 heteroatoms. The van der Waals surface area contributed by atoms with Crippen molar-refractivity contribution in [3.8, 4) is 0 Å². The smallest absolute Gasteiger partial charge is 0.328 e. The van der Waals surface area contributed by atoms with Crippen LogP contribution in [0.4, 0.5) is 0 Å². The number of carboxylic acid groups (broad SMARTS) is 2. The molecule has 1 unspecified atom stereocenters. The summed E-state index contributed by atoms with van der Waals surface area (Å²) in [6.07, 6.45) is 5.93. The zero-order valence-corrected chi connectivity index (χ0v) is 17.0. The average Bonchev–Trinajstić information content (AvgIpc) is 3.24. The second-order valence-electron chi connectivity index (χ2n) is 7.41. The van der Waals surface area contributed by atoms with E-state index in [9.17, 15) is 14.4 Å². The van der Waals surface area contributed by atoms with Crippen molar-refractivity contribution in [2.24, 2.45) is 13.0 Å². The lowest BCUT2D eigenvalue weighted by molar-refractivity contribution is -0.134. The van der Waals surface area contributed by atoms with Gasteiger partial charge in [-0.25, -0.2) is 9.59 Å². The third-order valence-electron chi connectivity index (χ3n) is 5.49. The summed E-state index contributed by atoms with van der Waals surface area (Å²) >= 11 is 0. The van der Waals surface area contributed by atoms with Gasteiger partial charge in [0.05, 0.1) is 6.67 Å². The van der Waals surface area contributed by atoms with Crippen LogP contribution in [0.1, 0.15) is 28.9 Å². The number of hydrogen-bond acceptors (Lipinski definition) is 5. The Morgan fingerprint density at radius 2 is 1.83 bits per heavy atom. The number of hydrogen-bond donors (Lipinski definition) is 3. The van der Waals surface area contributed by atoms with Crippen LogP contribution in [-0.4, -0.2) is 51.1 Å². The van der Waals surface area contributed by atoms with Crippen molar-refractivity contribution < 1.29 is 24.6 Å². The molecule has 0 bridgehead atoms. The van der Waals surface area contributed by atoms with Crippen LogP contribution in [0.2, 0.25) is 0 Å². The van der Waals surface area contributed by atoms with Crippen LogP contribution in [-0.2, 0) is 23.1 Å². The van der Waals surface area contributed by atoms with E-state index in [1.807, 2.05) is 18.3 Å². The van der Waals surface area contributed by atoms with Crippen LogP contribution in [0.5, 0.6) is 0 Å². The Morgan fingerprint density at radius 1 is 1.17 bits per heavy atom. The summed E-state index contributed by atoms with van der Waals surface area (Å²) in [5.74, 6) is -2.09. The minimum atomic E-state index is -1.26. The van der Waals surface area contributed by atoms with Crippen molar-refractivity contribution in [1.82, 2.24) is 14.8 Å². The zero-order chi connectivity index (χ0) is 21.8. The van der Waals surface area contributed by atoms with Crippen molar-refractivity contribution in [1.29, 1.82) is 0 Å². The Hall–Kier alpha value is -3.55.